The van der Waals surface area contributed by atoms with E-state index in [1.807, 2.05) is 5.32 Å². The second kappa shape index (κ2) is 10.4. The van der Waals surface area contributed by atoms with Crippen LogP contribution in [0.5, 0.6) is 0 Å². The Morgan fingerprint density at radius 3 is 2.59 bits per heavy atom. The number of urea groups is 1. The number of thioether (sulfide) groups is 1. The Labute approximate surface area is 191 Å². The summed E-state index contributed by atoms with van der Waals surface area (Å²) in [5.41, 5.74) is -0.733. The number of hydrogen-bond donors (Lipinski definition) is 2. The molecule has 4 rings (SSSR count). The number of hydrogen-bond acceptors (Lipinski definition) is 6. The Morgan fingerprint density at radius 1 is 1.09 bits per heavy atom. The number of nitrogens with one attached hydrogen (secondary N) is 2. The molecule has 0 aliphatic heterocycles. The largest absolute Gasteiger partial charge is 0.445 e. The van der Waals surface area contributed by atoms with E-state index in [2.05, 4.69) is 15.3 Å². The van der Waals surface area contributed by atoms with Crippen LogP contribution >= 0.6 is 23.1 Å². The lowest BCUT2D eigenvalue weighted by atomic mass is 9.86. The number of rotatable bonds is 7. The molecule has 2 amide bonds. The van der Waals surface area contributed by atoms with Gasteiger partial charge >= 0.3 is 6.03 Å². The van der Waals surface area contributed by atoms with Crippen molar-refractivity contribution < 1.29 is 22.4 Å². The van der Waals surface area contributed by atoms with Crippen molar-refractivity contribution >= 4 is 39.9 Å². The van der Waals surface area contributed by atoms with E-state index in [0.717, 1.165) is 16.4 Å². The molecule has 2 aromatic heterocycles. The molecule has 0 atom stereocenters. The number of carbonyl (C=O) groups is 1. The predicted octanol–water partition coefficient (Wildman–Crippen LogP) is 6.61. The third kappa shape index (κ3) is 6.04. The van der Waals surface area contributed by atoms with Crippen LogP contribution in [-0.4, -0.2) is 16.0 Å². The highest BCUT2D eigenvalue weighted by Crippen LogP contribution is 2.32. The van der Waals surface area contributed by atoms with Crippen molar-refractivity contribution in [2.24, 2.45) is 5.92 Å². The van der Waals surface area contributed by atoms with Gasteiger partial charge in [-0.1, -0.05) is 43.4 Å². The van der Waals surface area contributed by atoms with Crippen molar-refractivity contribution in [2.75, 3.05) is 10.6 Å². The summed E-state index contributed by atoms with van der Waals surface area (Å²) in [5, 5.41) is 4.68. The van der Waals surface area contributed by atoms with E-state index in [0.29, 0.717) is 29.7 Å². The average molecular weight is 483 g/mol. The Hall–Kier alpha value is -2.53. The minimum atomic E-state index is -1.21. The molecule has 0 saturated heterocycles. The standard InChI is InChI=1S/C21H21F3N4O2S2/c22-13-7-15(23)19(16(24)8-13)27-20(29)28-21-26-10-18(32-21)31-11-17-25-9-14(30-17)6-12-4-2-1-3-5-12/h7-10,12H,1-6,11H2,(H2,26,27,28,29). The van der Waals surface area contributed by atoms with Crippen LogP contribution < -0.4 is 10.6 Å². The van der Waals surface area contributed by atoms with Crippen molar-refractivity contribution in [3.8, 4) is 0 Å². The Bertz CT molecular complexity index is 1060. The van der Waals surface area contributed by atoms with E-state index in [4.69, 9.17) is 4.42 Å². The van der Waals surface area contributed by atoms with Crippen LogP contribution in [0.4, 0.5) is 28.8 Å². The van der Waals surface area contributed by atoms with E-state index in [1.54, 1.807) is 12.4 Å². The fourth-order valence-electron chi connectivity index (χ4n) is 3.61. The lowest BCUT2D eigenvalue weighted by Crippen LogP contribution is -2.21. The average Bonchev–Trinajstić information content (AvgIpc) is 3.39. The van der Waals surface area contributed by atoms with Gasteiger partial charge in [0.05, 0.1) is 22.4 Å². The first kappa shape index (κ1) is 22.7. The molecule has 0 spiro atoms. The molecule has 2 heterocycles. The second-order valence-electron chi connectivity index (χ2n) is 7.53. The first-order valence-corrected chi connectivity index (χ1v) is 12.0. The zero-order valence-corrected chi connectivity index (χ0v) is 18.6. The molecule has 11 heteroatoms. The number of aromatic nitrogens is 2. The smallest absolute Gasteiger partial charge is 0.325 e. The number of benzene rings is 1. The van der Waals surface area contributed by atoms with Crippen molar-refractivity contribution in [2.45, 2.75) is 48.5 Å². The van der Waals surface area contributed by atoms with E-state index in [1.165, 1.54) is 55.2 Å². The maximum absolute atomic E-state index is 13.7. The van der Waals surface area contributed by atoms with Gasteiger partial charge in [-0.05, 0) is 5.92 Å². The van der Waals surface area contributed by atoms with Crippen LogP contribution in [0.2, 0.25) is 0 Å². The Morgan fingerprint density at radius 2 is 1.84 bits per heavy atom. The second-order valence-corrected chi connectivity index (χ2v) is 9.83. The van der Waals surface area contributed by atoms with E-state index < -0.39 is 29.2 Å². The van der Waals surface area contributed by atoms with Crippen LogP contribution in [0.25, 0.3) is 0 Å². The first-order valence-electron chi connectivity index (χ1n) is 10.2. The van der Waals surface area contributed by atoms with Crippen molar-refractivity contribution in [1.82, 2.24) is 9.97 Å². The molecule has 1 aliphatic rings. The zero-order chi connectivity index (χ0) is 22.5. The summed E-state index contributed by atoms with van der Waals surface area (Å²) in [6, 6.07) is 0.0838. The molecule has 3 aromatic rings. The fourth-order valence-corrected chi connectivity index (χ4v) is 5.33. The number of carbonyl (C=O) groups excluding carboxylic acids is 1. The summed E-state index contributed by atoms with van der Waals surface area (Å²) in [5.74, 6) is -0.747. The van der Waals surface area contributed by atoms with Gasteiger partial charge in [0.1, 0.15) is 17.3 Å². The number of nitrogens with zero attached hydrogens (tertiary/aromatic N) is 2. The molecular formula is C21H21F3N4O2S2. The van der Waals surface area contributed by atoms with E-state index in [9.17, 15) is 18.0 Å². The summed E-state index contributed by atoms with van der Waals surface area (Å²) < 4.78 is 46.9. The fraction of sp³-hybridized carbons (Fsp3) is 0.381. The third-order valence-corrected chi connectivity index (χ3v) is 7.20. The molecule has 1 aliphatic carbocycles. The number of amides is 2. The highest BCUT2D eigenvalue weighted by atomic mass is 32.2. The van der Waals surface area contributed by atoms with E-state index in [-0.39, 0.29) is 5.13 Å². The first-order chi connectivity index (χ1) is 15.5. The predicted molar refractivity (Wildman–Crippen MR) is 117 cm³/mol. The number of halogens is 3. The van der Waals surface area contributed by atoms with Crippen LogP contribution in [-0.2, 0) is 12.2 Å². The maximum Gasteiger partial charge on any atom is 0.325 e. The van der Waals surface area contributed by atoms with Crippen molar-refractivity contribution in [3.05, 3.63) is 53.6 Å². The minimum Gasteiger partial charge on any atom is -0.445 e. The van der Waals surface area contributed by atoms with E-state index >= 15 is 0 Å². The van der Waals surface area contributed by atoms with Gasteiger partial charge in [-0.15, -0.1) is 11.8 Å². The highest BCUT2D eigenvalue weighted by molar-refractivity contribution is 8.00. The van der Waals surface area contributed by atoms with Crippen LogP contribution in [0.15, 0.2) is 33.2 Å². The van der Waals surface area contributed by atoms with Crippen LogP contribution in [0, 0.1) is 23.4 Å². The topological polar surface area (TPSA) is 80.1 Å². The number of oxazole rings is 1. The van der Waals surface area contributed by atoms with Gasteiger partial charge in [0.2, 0.25) is 5.89 Å². The summed E-state index contributed by atoms with van der Waals surface area (Å²) in [6.07, 6.45) is 10.7. The van der Waals surface area contributed by atoms with Crippen LogP contribution in [0.3, 0.4) is 0 Å². The lowest BCUT2D eigenvalue weighted by Gasteiger charge is -2.19. The third-order valence-electron chi connectivity index (χ3n) is 5.10. The molecule has 1 saturated carbocycles. The minimum absolute atomic E-state index is 0.248. The monoisotopic (exact) mass is 482 g/mol. The summed E-state index contributed by atoms with van der Waals surface area (Å²) >= 11 is 2.66. The van der Waals surface area contributed by atoms with Crippen molar-refractivity contribution in [1.29, 1.82) is 0 Å². The maximum atomic E-state index is 13.7. The van der Waals surface area contributed by atoms with Gasteiger partial charge in [-0.25, -0.2) is 27.9 Å². The van der Waals surface area contributed by atoms with Gasteiger partial charge in [0.15, 0.2) is 16.8 Å². The molecular weight excluding hydrogens is 461 g/mol. The van der Waals surface area contributed by atoms with Gasteiger partial charge in [-0.2, -0.15) is 0 Å². The molecule has 1 aromatic carbocycles. The van der Waals surface area contributed by atoms with Crippen molar-refractivity contribution in [3.63, 3.8) is 0 Å². The molecule has 6 nitrogen and oxygen atoms in total. The summed E-state index contributed by atoms with van der Waals surface area (Å²) in [4.78, 5) is 20.4. The molecule has 0 unspecified atom stereocenters. The molecule has 0 bridgehead atoms. The Balaban J connectivity index is 1.26. The zero-order valence-electron chi connectivity index (χ0n) is 17.0. The Kier molecular flexibility index (Phi) is 7.36. The van der Waals surface area contributed by atoms with Gasteiger partial charge in [0.25, 0.3) is 0 Å². The molecule has 1 fully saturated rings. The normalized spacial score (nSPS) is 14.5. The quantitative estimate of drug-likeness (QED) is 0.371. The lowest BCUT2D eigenvalue weighted by molar-refractivity contribution is 0.262. The highest BCUT2D eigenvalue weighted by Gasteiger charge is 2.17. The van der Waals surface area contributed by atoms with Gasteiger partial charge in [-0.3, -0.25) is 5.32 Å². The summed E-state index contributed by atoms with van der Waals surface area (Å²) in [7, 11) is 0. The molecule has 2 N–H and O–H groups in total. The number of thiazole rings is 1. The number of anilines is 2. The molecule has 170 valence electrons. The summed E-state index contributed by atoms with van der Waals surface area (Å²) in [6.45, 7) is 0. The van der Waals surface area contributed by atoms with Crippen LogP contribution in [0.1, 0.15) is 43.8 Å². The molecule has 32 heavy (non-hydrogen) atoms. The SMILES string of the molecule is O=C(Nc1ncc(SCc2ncc(CC3CCCCC3)o2)s1)Nc1c(F)cc(F)cc1F. The molecule has 0 radical (unpaired) electrons. The van der Waals surface area contributed by atoms with Gasteiger partial charge in [0, 0.05) is 18.6 Å². The van der Waals surface area contributed by atoms with Gasteiger partial charge < -0.3 is 9.73 Å².